The van der Waals surface area contributed by atoms with Gasteiger partial charge in [-0.2, -0.15) is 5.26 Å². The second-order valence-corrected chi connectivity index (χ2v) is 7.19. The summed E-state index contributed by atoms with van der Waals surface area (Å²) in [5.41, 5.74) is 1.59. The molecule has 1 unspecified atom stereocenters. The van der Waals surface area contributed by atoms with Crippen molar-refractivity contribution in [1.29, 1.82) is 5.26 Å². The second-order valence-electron chi connectivity index (χ2n) is 6.78. The van der Waals surface area contributed by atoms with E-state index in [4.69, 9.17) is 16.9 Å². The van der Waals surface area contributed by atoms with Crippen LogP contribution in [0.5, 0.6) is 0 Å². The summed E-state index contributed by atoms with van der Waals surface area (Å²) in [5.74, 6) is 2.43. The lowest BCUT2D eigenvalue weighted by atomic mass is 10.0. The standard InChI is InChI=1S/C19H20ClN5/c20-16-10-13(11-21)3-6-17(16)25-9-1-2-15(12-25)23-18-7-8-22-19(24-18)14-4-5-14/h3,6-8,10,14-15H,1-2,4-5,9,12H2,(H,22,23,24). The predicted octanol–water partition coefficient (Wildman–Crippen LogP) is 3.96. The fourth-order valence-electron chi connectivity index (χ4n) is 3.35. The Kier molecular flexibility index (Phi) is 4.46. The molecule has 1 saturated carbocycles. The van der Waals surface area contributed by atoms with Gasteiger partial charge in [-0.05, 0) is 49.9 Å². The van der Waals surface area contributed by atoms with Crippen molar-refractivity contribution in [3.63, 3.8) is 0 Å². The van der Waals surface area contributed by atoms with E-state index in [1.807, 2.05) is 24.4 Å². The lowest BCUT2D eigenvalue weighted by Crippen LogP contribution is -2.42. The van der Waals surface area contributed by atoms with E-state index in [9.17, 15) is 0 Å². The lowest BCUT2D eigenvalue weighted by Gasteiger charge is -2.35. The van der Waals surface area contributed by atoms with Gasteiger partial charge >= 0.3 is 0 Å². The molecule has 6 heteroatoms. The summed E-state index contributed by atoms with van der Waals surface area (Å²) >= 11 is 6.38. The number of rotatable bonds is 4. The van der Waals surface area contributed by atoms with Crippen molar-refractivity contribution < 1.29 is 0 Å². The summed E-state index contributed by atoms with van der Waals surface area (Å²) in [4.78, 5) is 11.3. The molecule has 1 aromatic heterocycles. The van der Waals surface area contributed by atoms with Crippen LogP contribution in [-0.4, -0.2) is 29.1 Å². The molecule has 1 aliphatic carbocycles. The molecule has 4 rings (SSSR count). The Balaban J connectivity index is 1.46. The number of nitrogens with zero attached hydrogens (tertiary/aromatic N) is 4. The van der Waals surface area contributed by atoms with Crippen molar-refractivity contribution in [2.75, 3.05) is 23.3 Å². The predicted molar refractivity (Wildman–Crippen MR) is 99.0 cm³/mol. The van der Waals surface area contributed by atoms with Gasteiger partial charge in [0.05, 0.1) is 22.3 Å². The number of nitriles is 1. The van der Waals surface area contributed by atoms with Crippen LogP contribution < -0.4 is 10.2 Å². The van der Waals surface area contributed by atoms with Crippen molar-refractivity contribution in [2.24, 2.45) is 0 Å². The summed E-state index contributed by atoms with van der Waals surface area (Å²) < 4.78 is 0. The van der Waals surface area contributed by atoms with Gasteiger partial charge in [0.15, 0.2) is 0 Å². The normalized spacial score (nSPS) is 20.2. The molecule has 1 aliphatic heterocycles. The monoisotopic (exact) mass is 353 g/mol. The van der Waals surface area contributed by atoms with Crippen LogP contribution in [-0.2, 0) is 0 Å². The fraction of sp³-hybridized carbons (Fsp3) is 0.421. The van der Waals surface area contributed by atoms with Crippen molar-refractivity contribution in [1.82, 2.24) is 9.97 Å². The van der Waals surface area contributed by atoms with Gasteiger partial charge in [-0.3, -0.25) is 0 Å². The van der Waals surface area contributed by atoms with E-state index in [0.717, 1.165) is 43.3 Å². The van der Waals surface area contributed by atoms with Gasteiger partial charge in [0.2, 0.25) is 0 Å². The molecule has 2 heterocycles. The highest BCUT2D eigenvalue weighted by Crippen LogP contribution is 2.38. The molecule has 5 nitrogen and oxygen atoms in total. The molecule has 0 spiro atoms. The van der Waals surface area contributed by atoms with Crippen LogP contribution in [0.2, 0.25) is 5.02 Å². The molecule has 2 aliphatic rings. The summed E-state index contributed by atoms with van der Waals surface area (Å²) in [6.07, 6.45) is 6.46. The third kappa shape index (κ3) is 3.69. The van der Waals surface area contributed by atoms with Crippen LogP contribution in [0.3, 0.4) is 0 Å². The Morgan fingerprint density at radius 2 is 2.12 bits per heavy atom. The topological polar surface area (TPSA) is 64.8 Å². The second kappa shape index (κ2) is 6.89. The molecule has 128 valence electrons. The molecule has 0 amide bonds. The molecular weight excluding hydrogens is 334 g/mol. The highest BCUT2D eigenvalue weighted by atomic mass is 35.5. The number of hydrogen-bond donors (Lipinski definition) is 1. The first-order chi connectivity index (χ1) is 12.2. The quantitative estimate of drug-likeness (QED) is 0.901. The maximum absolute atomic E-state index is 8.99. The number of anilines is 2. The van der Waals surface area contributed by atoms with Crippen molar-refractivity contribution in [3.05, 3.63) is 46.9 Å². The van der Waals surface area contributed by atoms with Gasteiger partial charge in [-0.25, -0.2) is 9.97 Å². The Labute approximate surface area is 152 Å². The molecule has 2 fully saturated rings. The van der Waals surface area contributed by atoms with E-state index in [1.165, 1.54) is 12.8 Å². The molecule has 1 atom stereocenters. The molecule has 2 aromatic rings. The molecule has 0 radical (unpaired) electrons. The minimum absolute atomic E-state index is 0.322. The van der Waals surface area contributed by atoms with E-state index in [1.54, 1.807) is 6.07 Å². The van der Waals surface area contributed by atoms with E-state index >= 15 is 0 Å². The number of hydrogen-bond acceptors (Lipinski definition) is 5. The molecular formula is C19H20ClN5. The van der Waals surface area contributed by atoms with Gasteiger partial charge in [0, 0.05) is 31.2 Å². The summed E-state index contributed by atoms with van der Waals surface area (Å²) in [7, 11) is 0. The smallest absolute Gasteiger partial charge is 0.133 e. The Morgan fingerprint density at radius 1 is 1.24 bits per heavy atom. The minimum atomic E-state index is 0.322. The number of benzene rings is 1. The first kappa shape index (κ1) is 16.2. The van der Waals surface area contributed by atoms with Crippen molar-refractivity contribution >= 4 is 23.1 Å². The highest BCUT2D eigenvalue weighted by Gasteiger charge is 2.27. The van der Waals surface area contributed by atoms with Gasteiger partial charge in [-0.15, -0.1) is 0 Å². The summed E-state index contributed by atoms with van der Waals surface area (Å²) in [6.45, 7) is 1.84. The average Bonchev–Trinajstić information content (AvgIpc) is 3.47. The largest absolute Gasteiger partial charge is 0.368 e. The van der Waals surface area contributed by atoms with Crippen LogP contribution in [0.15, 0.2) is 30.5 Å². The Bertz CT molecular complexity index is 812. The summed E-state index contributed by atoms with van der Waals surface area (Å²) in [6, 6.07) is 9.90. The summed E-state index contributed by atoms with van der Waals surface area (Å²) in [5, 5.41) is 13.2. The van der Waals surface area contributed by atoms with E-state index < -0.39 is 0 Å². The number of halogens is 1. The first-order valence-corrected chi connectivity index (χ1v) is 9.15. The zero-order chi connectivity index (χ0) is 17.2. The molecule has 1 aromatic carbocycles. The number of piperidine rings is 1. The van der Waals surface area contributed by atoms with Crippen LogP contribution in [0.1, 0.15) is 43.0 Å². The molecule has 0 bridgehead atoms. The Morgan fingerprint density at radius 3 is 2.88 bits per heavy atom. The van der Waals surface area contributed by atoms with Gasteiger partial charge in [0.1, 0.15) is 11.6 Å². The third-order valence-electron chi connectivity index (χ3n) is 4.81. The maximum Gasteiger partial charge on any atom is 0.133 e. The number of aromatic nitrogens is 2. The Hall–Kier alpha value is -2.32. The van der Waals surface area contributed by atoms with Crippen molar-refractivity contribution in [2.45, 2.75) is 37.6 Å². The van der Waals surface area contributed by atoms with Crippen LogP contribution in [0, 0.1) is 11.3 Å². The van der Waals surface area contributed by atoms with E-state index in [0.29, 0.717) is 22.5 Å². The highest BCUT2D eigenvalue weighted by molar-refractivity contribution is 6.33. The molecule has 1 saturated heterocycles. The zero-order valence-corrected chi connectivity index (χ0v) is 14.7. The van der Waals surface area contributed by atoms with Crippen LogP contribution in [0.4, 0.5) is 11.5 Å². The first-order valence-electron chi connectivity index (χ1n) is 8.77. The van der Waals surface area contributed by atoms with Gasteiger partial charge in [0.25, 0.3) is 0 Å². The minimum Gasteiger partial charge on any atom is -0.368 e. The van der Waals surface area contributed by atoms with Crippen molar-refractivity contribution in [3.8, 4) is 6.07 Å². The van der Waals surface area contributed by atoms with E-state index in [2.05, 4.69) is 26.3 Å². The average molecular weight is 354 g/mol. The number of nitrogens with one attached hydrogen (secondary N) is 1. The van der Waals surface area contributed by atoms with Crippen LogP contribution in [0.25, 0.3) is 0 Å². The molecule has 1 N–H and O–H groups in total. The van der Waals surface area contributed by atoms with E-state index in [-0.39, 0.29) is 0 Å². The zero-order valence-electron chi connectivity index (χ0n) is 14.0. The SMILES string of the molecule is N#Cc1ccc(N2CCCC(Nc3ccnc(C4CC4)n3)C2)c(Cl)c1. The van der Waals surface area contributed by atoms with Gasteiger partial charge < -0.3 is 10.2 Å². The lowest BCUT2D eigenvalue weighted by molar-refractivity contribution is 0.528. The molecule has 25 heavy (non-hydrogen) atoms. The third-order valence-corrected chi connectivity index (χ3v) is 5.11. The fourth-order valence-corrected chi connectivity index (χ4v) is 3.65. The maximum atomic E-state index is 8.99. The van der Waals surface area contributed by atoms with Crippen LogP contribution >= 0.6 is 11.6 Å². The van der Waals surface area contributed by atoms with Gasteiger partial charge in [-0.1, -0.05) is 11.6 Å².